The minimum absolute atomic E-state index is 0.0326. The lowest BCUT2D eigenvalue weighted by Gasteiger charge is -2.16. The summed E-state index contributed by atoms with van der Waals surface area (Å²) in [6, 6.07) is 17.1. The highest BCUT2D eigenvalue weighted by Gasteiger charge is 2.23. The van der Waals surface area contributed by atoms with E-state index in [1.54, 1.807) is 18.2 Å². The number of likely N-dealkylation sites (tertiary alicyclic amines) is 1. The SMILES string of the molecule is O=C(CSc1ccccc1F)N[C@@H]1CCN(Cc2ccccc2)C1. The molecular formula is C19H21FN2OS. The highest BCUT2D eigenvalue weighted by molar-refractivity contribution is 8.00. The molecule has 1 amide bonds. The van der Waals surface area contributed by atoms with Gasteiger partial charge < -0.3 is 5.32 Å². The van der Waals surface area contributed by atoms with E-state index in [0.29, 0.717) is 4.90 Å². The molecule has 1 N–H and O–H groups in total. The topological polar surface area (TPSA) is 32.3 Å². The molecule has 0 bridgehead atoms. The molecular weight excluding hydrogens is 323 g/mol. The van der Waals surface area contributed by atoms with Crippen LogP contribution in [0.3, 0.4) is 0 Å². The molecule has 1 heterocycles. The predicted molar refractivity (Wildman–Crippen MR) is 95.4 cm³/mol. The lowest BCUT2D eigenvalue weighted by Crippen LogP contribution is -2.38. The fraction of sp³-hybridized carbons (Fsp3) is 0.316. The number of hydrogen-bond acceptors (Lipinski definition) is 3. The number of rotatable bonds is 6. The van der Waals surface area contributed by atoms with Gasteiger partial charge in [-0.15, -0.1) is 11.8 Å². The Kier molecular flexibility index (Phi) is 5.88. The fourth-order valence-corrected chi connectivity index (χ4v) is 3.66. The minimum atomic E-state index is -0.273. The van der Waals surface area contributed by atoms with E-state index < -0.39 is 0 Å². The summed E-state index contributed by atoms with van der Waals surface area (Å²) in [5, 5.41) is 3.06. The molecule has 0 aliphatic carbocycles. The summed E-state index contributed by atoms with van der Waals surface area (Å²) in [4.78, 5) is 14.9. The van der Waals surface area contributed by atoms with Crippen LogP contribution < -0.4 is 5.32 Å². The van der Waals surface area contributed by atoms with E-state index in [1.807, 2.05) is 18.2 Å². The van der Waals surface area contributed by atoms with Gasteiger partial charge in [0, 0.05) is 30.6 Å². The van der Waals surface area contributed by atoms with Crippen molar-refractivity contribution in [3.05, 3.63) is 66.0 Å². The van der Waals surface area contributed by atoms with Gasteiger partial charge in [0.05, 0.1) is 5.75 Å². The van der Waals surface area contributed by atoms with E-state index in [4.69, 9.17) is 0 Å². The van der Waals surface area contributed by atoms with Gasteiger partial charge in [-0.1, -0.05) is 42.5 Å². The van der Waals surface area contributed by atoms with Gasteiger partial charge in [0.15, 0.2) is 0 Å². The van der Waals surface area contributed by atoms with E-state index in [-0.39, 0.29) is 23.5 Å². The maximum absolute atomic E-state index is 13.5. The largest absolute Gasteiger partial charge is 0.351 e. The van der Waals surface area contributed by atoms with Crippen LogP contribution in [0.25, 0.3) is 0 Å². The van der Waals surface area contributed by atoms with Crippen molar-refractivity contribution < 1.29 is 9.18 Å². The van der Waals surface area contributed by atoms with Crippen LogP contribution in [0.5, 0.6) is 0 Å². The summed E-state index contributed by atoms with van der Waals surface area (Å²) >= 11 is 1.24. The highest BCUT2D eigenvalue weighted by atomic mass is 32.2. The molecule has 24 heavy (non-hydrogen) atoms. The number of benzene rings is 2. The van der Waals surface area contributed by atoms with Gasteiger partial charge in [0.25, 0.3) is 0 Å². The third kappa shape index (κ3) is 4.82. The zero-order chi connectivity index (χ0) is 16.8. The average Bonchev–Trinajstić information content (AvgIpc) is 3.02. The summed E-state index contributed by atoms with van der Waals surface area (Å²) in [5.41, 5.74) is 1.29. The maximum atomic E-state index is 13.5. The first kappa shape index (κ1) is 17.0. The Hall–Kier alpha value is -1.85. The zero-order valence-corrected chi connectivity index (χ0v) is 14.3. The fourth-order valence-electron chi connectivity index (χ4n) is 2.91. The van der Waals surface area contributed by atoms with Crippen LogP contribution in [0.4, 0.5) is 4.39 Å². The van der Waals surface area contributed by atoms with Gasteiger partial charge in [0.2, 0.25) is 5.91 Å². The van der Waals surface area contributed by atoms with Crippen molar-refractivity contribution in [1.82, 2.24) is 10.2 Å². The van der Waals surface area contributed by atoms with Crippen molar-refractivity contribution in [2.24, 2.45) is 0 Å². The molecule has 2 aromatic rings. The van der Waals surface area contributed by atoms with Crippen molar-refractivity contribution >= 4 is 17.7 Å². The molecule has 3 rings (SSSR count). The molecule has 0 unspecified atom stereocenters. The van der Waals surface area contributed by atoms with Gasteiger partial charge in [0.1, 0.15) is 5.82 Å². The number of carbonyl (C=O) groups excluding carboxylic acids is 1. The molecule has 0 spiro atoms. The van der Waals surface area contributed by atoms with Crippen LogP contribution in [0.2, 0.25) is 0 Å². The Morgan fingerprint density at radius 3 is 2.71 bits per heavy atom. The zero-order valence-electron chi connectivity index (χ0n) is 13.5. The lowest BCUT2D eigenvalue weighted by atomic mass is 10.2. The smallest absolute Gasteiger partial charge is 0.230 e. The van der Waals surface area contributed by atoms with Crippen molar-refractivity contribution in [3.63, 3.8) is 0 Å². The molecule has 3 nitrogen and oxygen atoms in total. The summed E-state index contributed by atoms with van der Waals surface area (Å²) in [6.07, 6.45) is 0.961. The van der Waals surface area contributed by atoms with Gasteiger partial charge in [-0.2, -0.15) is 0 Å². The molecule has 1 fully saturated rings. The number of nitrogens with one attached hydrogen (secondary N) is 1. The molecule has 0 radical (unpaired) electrons. The van der Waals surface area contributed by atoms with Crippen molar-refractivity contribution in [2.75, 3.05) is 18.8 Å². The van der Waals surface area contributed by atoms with Crippen molar-refractivity contribution in [1.29, 1.82) is 0 Å². The van der Waals surface area contributed by atoms with Crippen molar-refractivity contribution in [2.45, 2.75) is 23.9 Å². The van der Waals surface area contributed by atoms with E-state index in [1.165, 1.54) is 23.4 Å². The number of carbonyl (C=O) groups is 1. The van der Waals surface area contributed by atoms with Crippen LogP contribution >= 0.6 is 11.8 Å². The maximum Gasteiger partial charge on any atom is 0.230 e. The second kappa shape index (κ2) is 8.31. The number of halogens is 1. The predicted octanol–water partition coefficient (Wildman–Crippen LogP) is 3.31. The molecule has 1 saturated heterocycles. The molecule has 0 aromatic heterocycles. The molecule has 0 saturated carbocycles. The summed E-state index contributed by atoms with van der Waals surface area (Å²) in [6.45, 7) is 2.77. The quantitative estimate of drug-likeness (QED) is 0.816. The molecule has 2 aromatic carbocycles. The van der Waals surface area contributed by atoms with Crippen LogP contribution in [0, 0.1) is 5.82 Å². The summed E-state index contributed by atoms with van der Waals surface area (Å²) < 4.78 is 13.5. The first-order valence-corrected chi connectivity index (χ1v) is 9.12. The molecule has 1 aliphatic heterocycles. The molecule has 1 aliphatic rings. The Morgan fingerprint density at radius 1 is 1.17 bits per heavy atom. The minimum Gasteiger partial charge on any atom is -0.351 e. The highest BCUT2D eigenvalue weighted by Crippen LogP contribution is 2.21. The Morgan fingerprint density at radius 2 is 1.92 bits per heavy atom. The van der Waals surface area contributed by atoms with Crippen LogP contribution in [0.1, 0.15) is 12.0 Å². The van der Waals surface area contributed by atoms with Gasteiger partial charge in [-0.3, -0.25) is 9.69 Å². The van der Waals surface area contributed by atoms with Crippen molar-refractivity contribution in [3.8, 4) is 0 Å². The standard InChI is InChI=1S/C19H21FN2OS/c20-17-8-4-5-9-18(17)24-14-19(23)21-16-10-11-22(13-16)12-15-6-2-1-3-7-15/h1-9,16H,10-14H2,(H,21,23)/t16-/m1/s1. The van der Waals surface area contributed by atoms with E-state index in [9.17, 15) is 9.18 Å². The number of hydrogen-bond donors (Lipinski definition) is 1. The van der Waals surface area contributed by atoms with E-state index >= 15 is 0 Å². The summed E-state index contributed by atoms with van der Waals surface area (Å²) in [5.74, 6) is -0.0594. The lowest BCUT2D eigenvalue weighted by molar-refractivity contribution is -0.119. The van der Waals surface area contributed by atoms with Crippen LogP contribution in [-0.4, -0.2) is 35.7 Å². The normalized spacial score (nSPS) is 17.8. The van der Waals surface area contributed by atoms with Gasteiger partial charge in [-0.25, -0.2) is 4.39 Å². The molecule has 1 atom stereocenters. The number of thioether (sulfide) groups is 1. The number of nitrogens with zero attached hydrogens (tertiary/aromatic N) is 1. The molecule has 126 valence electrons. The molecule has 5 heteroatoms. The third-order valence-electron chi connectivity index (χ3n) is 4.08. The van der Waals surface area contributed by atoms with E-state index in [2.05, 4.69) is 22.3 Å². The Labute approximate surface area is 146 Å². The number of amides is 1. The second-order valence-electron chi connectivity index (χ2n) is 5.99. The Balaban J connectivity index is 1.42. The van der Waals surface area contributed by atoms with Crippen LogP contribution in [0.15, 0.2) is 59.5 Å². The summed E-state index contributed by atoms with van der Waals surface area (Å²) in [7, 11) is 0. The van der Waals surface area contributed by atoms with E-state index in [0.717, 1.165) is 26.1 Å². The first-order chi connectivity index (χ1) is 11.7. The second-order valence-corrected chi connectivity index (χ2v) is 7.01. The monoisotopic (exact) mass is 344 g/mol. The average molecular weight is 344 g/mol. The third-order valence-corrected chi connectivity index (χ3v) is 5.13. The van der Waals surface area contributed by atoms with Crippen LogP contribution in [-0.2, 0) is 11.3 Å². The van der Waals surface area contributed by atoms with Gasteiger partial charge in [-0.05, 0) is 24.1 Å². The first-order valence-electron chi connectivity index (χ1n) is 8.13. The Bertz CT molecular complexity index is 680. The van der Waals surface area contributed by atoms with Gasteiger partial charge >= 0.3 is 0 Å².